The lowest BCUT2D eigenvalue weighted by Crippen LogP contribution is -2.30. The van der Waals surface area contributed by atoms with Crippen molar-refractivity contribution in [2.45, 2.75) is 38.5 Å². The Morgan fingerprint density at radius 2 is 1.62 bits per heavy atom. The van der Waals surface area contributed by atoms with E-state index in [1.165, 1.54) is 12.0 Å². The molecule has 1 heteroatoms. The molecule has 0 aromatic heterocycles. The standard InChI is InChI=1S/C12H20Si/c1-5-12(13(2,3)4)11-9-7-6-8-10-11/h6-10,12H,5H2,1-4H3. The summed E-state index contributed by atoms with van der Waals surface area (Å²) in [6, 6.07) is 10.9. The van der Waals surface area contributed by atoms with Crippen LogP contribution in [0.2, 0.25) is 19.6 Å². The Bertz CT molecular complexity index is 246. The van der Waals surface area contributed by atoms with Gasteiger partial charge < -0.3 is 0 Å². The zero-order chi connectivity index (χ0) is 9.90. The Hall–Kier alpha value is -0.563. The first kappa shape index (κ1) is 10.5. The summed E-state index contributed by atoms with van der Waals surface area (Å²) in [4.78, 5) is 0. The maximum atomic E-state index is 2.45. The summed E-state index contributed by atoms with van der Waals surface area (Å²) in [6.45, 7) is 9.66. The van der Waals surface area contributed by atoms with E-state index in [9.17, 15) is 0 Å². The number of rotatable bonds is 3. The predicted molar refractivity (Wildman–Crippen MR) is 62.8 cm³/mol. The van der Waals surface area contributed by atoms with Crippen LogP contribution in [0.5, 0.6) is 0 Å². The quantitative estimate of drug-likeness (QED) is 0.634. The minimum atomic E-state index is -1.03. The molecule has 0 bridgehead atoms. The zero-order valence-corrected chi connectivity index (χ0v) is 10.2. The van der Waals surface area contributed by atoms with Crippen molar-refractivity contribution >= 4 is 8.07 Å². The van der Waals surface area contributed by atoms with E-state index in [0.717, 1.165) is 5.54 Å². The second-order valence-corrected chi connectivity index (χ2v) is 10.2. The van der Waals surface area contributed by atoms with Gasteiger partial charge in [0, 0.05) is 0 Å². The Labute approximate surface area is 83.0 Å². The summed E-state index contributed by atoms with van der Waals surface area (Å²) < 4.78 is 0. The van der Waals surface area contributed by atoms with Crippen molar-refractivity contribution in [1.82, 2.24) is 0 Å². The van der Waals surface area contributed by atoms with Gasteiger partial charge in [-0.15, -0.1) is 0 Å². The van der Waals surface area contributed by atoms with E-state index in [1.54, 1.807) is 0 Å². The van der Waals surface area contributed by atoms with Crippen molar-refractivity contribution in [1.29, 1.82) is 0 Å². The van der Waals surface area contributed by atoms with Crippen molar-refractivity contribution in [3.05, 3.63) is 35.9 Å². The highest BCUT2D eigenvalue weighted by Crippen LogP contribution is 2.29. The van der Waals surface area contributed by atoms with Crippen LogP contribution in [0, 0.1) is 0 Å². The van der Waals surface area contributed by atoms with Gasteiger partial charge in [-0.3, -0.25) is 0 Å². The van der Waals surface area contributed by atoms with E-state index in [1.807, 2.05) is 0 Å². The van der Waals surface area contributed by atoms with Crippen molar-refractivity contribution < 1.29 is 0 Å². The second-order valence-electron chi connectivity index (χ2n) is 4.74. The first-order valence-electron chi connectivity index (χ1n) is 5.10. The minimum absolute atomic E-state index is 0.814. The summed E-state index contributed by atoms with van der Waals surface area (Å²) in [6.07, 6.45) is 1.28. The van der Waals surface area contributed by atoms with Gasteiger partial charge in [0.1, 0.15) is 0 Å². The van der Waals surface area contributed by atoms with Gasteiger partial charge in [-0.2, -0.15) is 0 Å². The van der Waals surface area contributed by atoms with E-state index >= 15 is 0 Å². The highest BCUT2D eigenvalue weighted by Gasteiger charge is 2.25. The molecule has 0 aliphatic heterocycles. The summed E-state index contributed by atoms with van der Waals surface area (Å²) in [5.41, 5.74) is 2.35. The molecule has 0 nitrogen and oxygen atoms in total. The van der Waals surface area contributed by atoms with E-state index in [4.69, 9.17) is 0 Å². The molecule has 0 spiro atoms. The van der Waals surface area contributed by atoms with Crippen molar-refractivity contribution in [3.63, 3.8) is 0 Å². The van der Waals surface area contributed by atoms with Crippen molar-refractivity contribution in [2.75, 3.05) is 0 Å². The van der Waals surface area contributed by atoms with Gasteiger partial charge >= 0.3 is 0 Å². The first-order chi connectivity index (χ1) is 6.05. The molecule has 1 aromatic rings. The number of hydrogen-bond acceptors (Lipinski definition) is 0. The molecule has 1 aromatic carbocycles. The van der Waals surface area contributed by atoms with Gasteiger partial charge in [0.2, 0.25) is 0 Å². The maximum absolute atomic E-state index is 2.45. The van der Waals surface area contributed by atoms with E-state index in [2.05, 4.69) is 56.9 Å². The van der Waals surface area contributed by atoms with Gasteiger partial charge in [-0.1, -0.05) is 63.3 Å². The van der Waals surface area contributed by atoms with E-state index in [-0.39, 0.29) is 0 Å². The van der Waals surface area contributed by atoms with E-state index in [0.29, 0.717) is 0 Å². The lowest BCUT2D eigenvalue weighted by molar-refractivity contribution is 0.845. The normalized spacial score (nSPS) is 14.2. The molecular weight excluding hydrogens is 172 g/mol. The molecular formula is C12H20Si. The Kier molecular flexibility index (Phi) is 3.31. The van der Waals surface area contributed by atoms with Crippen LogP contribution in [0.25, 0.3) is 0 Å². The van der Waals surface area contributed by atoms with Crippen LogP contribution in [0.1, 0.15) is 24.4 Å². The Morgan fingerprint density at radius 3 is 2.00 bits per heavy atom. The highest BCUT2D eigenvalue weighted by molar-refractivity contribution is 6.77. The number of hydrogen-bond donors (Lipinski definition) is 0. The fourth-order valence-electron chi connectivity index (χ4n) is 2.03. The second kappa shape index (κ2) is 4.10. The van der Waals surface area contributed by atoms with Gasteiger partial charge in [-0.25, -0.2) is 0 Å². The van der Waals surface area contributed by atoms with Crippen molar-refractivity contribution in [2.24, 2.45) is 0 Å². The summed E-state index contributed by atoms with van der Waals surface area (Å²) in [5, 5.41) is 0. The SMILES string of the molecule is CCC(c1ccccc1)[Si](C)(C)C. The van der Waals surface area contributed by atoms with Crippen LogP contribution in [-0.4, -0.2) is 8.07 Å². The summed E-state index contributed by atoms with van der Waals surface area (Å²) in [7, 11) is -1.03. The molecule has 0 heterocycles. The molecule has 0 amide bonds. The molecule has 0 aliphatic carbocycles. The van der Waals surface area contributed by atoms with Crippen LogP contribution in [0.3, 0.4) is 0 Å². The molecule has 0 fully saturated rings. The zero-order valence-electron chi connectivity index (χ0n) is 9.17. The van der Waals surface area contributed by atoms with Gasteiger partial charge in [0.25, 0.3) is 0 Å². The smallest absolute Gasteiger partial charge is 0.0521 e. The third-order valence-electron chi connectivity index (χ3n) is 2.66. The molecule has 0 aliphatic rings. The van der Waals surface area contributed by atoms with Gasteiger partial charge in [0.05, 0.1) is 8.07 Å². The fourth-order valence-corrected chi connectivity index (χ4v) is 4.45. The molecule has 0 N–H and O–H groups in total. The van der Waals surface area contributed by atoms with Crippen LogP contribution < -0.4 is 0 Å². The van der Waals surface area contributed by atoms with Crippen molar-refractivity contribution in [3.8, 4) is 0 Å². The molecule has 13 heavy (non-hydrogen) atoms. The number of benzene rings is 1. The molecule has 1 atom stereocenters. The Balaban J connectivity index is 2.92. The third kappa shape index (κ3) is 2.70. The lowest BCUT2D eigenvalue weighted by Gasteiger charge is -2.28. The molecule has 0 saturated heterocycles. The van der Waals surface area contributed by atoms with Crippen LogP contribution >= 0.6 is 0 Å². The molecule has 0 saturated carbocycles. The van der Waals surface area contributed by atoms with Crippen LogP contribution in [-0.2, 0) is 0 Å². The van der Waals surface area contributed by atoms with Gasteiger partial charge in [-0.05, 0) is 11.1 Å². The van der Waals surface area contributed by atoms with Crippen LogP contribution in [0.15, 0.2) is 30.3 Å². The van der Waals surface area contributed by atoms with Gasteiger partial charge in [0.15, 0.2) is 0 Å². The summed E-state index contributed by atoms with van der Waals surface area (Å²) in [5.74, 6) is 0. The monoisotopic (exact) mass is 192 g/mol. The first-order valence-corrected chi connectivity index (χ1v) is 8.68. The predicted octanol–water partition coefficient (Wildman–Crippen LogP) is 4.06. The average molecular weight is 192 g/mol. The largest absolute Gasteiger partial charge is 0.0691 e. The molecule has 1 rings (SSSR count). The fraction of sp³-hybridized carbons (Fsp3) is 0.500. The minimum Gasteiger partial charge on any atom is -0.0691 e. The Morgan fingerprint density at radius 1 is 1.08 bits per heavy atom. The maximum Gasteiger partial charge on any atom is 0.0521 e. The third-order valence-corrected chi connectivity index (χ3v) is 5.49. The molecule has 1 unspecified atom stereocenters. The average Bonchev–Trinajstić information content (AvgIpc) is 2.05. The molecule has 72 valence electrons. The highest BCUT2D eigenvalue weighted by atomic mass is 28.3. The van der Waals surface area contributed by atoms with E-state index < -0.39 is 8.07 Å². The van der Waals surface area contributed by atoms with Crippen LogP contribution in [0.4, 0.5) is 0 Å². The summed E-state index contributed by atoms with van der Waals surface area (Å²) >= 11 is 0. The lowest BCUT2D eigenvalue weighted by atomic mass is 10.1. The topological polar surface area (TPSA) is 0 Å². The molecule has 0 radical (unpaired) electrons.